The van der Waals surface area contributed by atoms with E-state index in [1.54, 1.807) is 0 Å². The topological polar surface area (TPSA) is 50.4 Å². The number of nitrogens with two attached hydrogens (primary N) is 1. The molecule has 1 aliphatic rings. The van der Waals surface area contributed by atoms with Crippen molar-refractivity contribution >= 4 is 17.7 Å². The van der Waals surface area contributed by atoms with Gasteiger partial charge in [0, 0.05) is 12.6 Å². The molecule has 1 fully saturated rings. The molecule has 0 aromatic heterocycles. The van der Waals surface area contributed by atoms with E-state index in [0.717, 1.165) is 12.3 Å². The molecule has 0 aliphatic heterocycles. The second kappa shape index (κ2) is 5.37. The van der Waals surface area contributed by atoms with Gasteiger partial charge in [-0.2, -0.15) is 11.8 Å². The van der Waals surface area contributed by atoms with Gasteiger partial charge in [0.05, 0.1) is 0 Å². The minimum absolute atomic E-state index is 0.611. The van der Waals surface area contributed by atoms with Crippen LogP contribution in [0.25, 0.3) is 0 Å². The molecule has 0 aromatic rings. The van der Waals surface area contributed by atoms with Crippen LogP contribution < -0.4 is 11.1 Å². The van der Waals surface area contributed by atoms with Crippen LogP contribution in [-0.4, -0.2) is 30.6 Å². The minimum Gasteiger partial charge on any atom is -0.370 e. The van der Waals surface area contributed by atoms with E-state index >= 15 is 0 Å². The van der Waals surface area contributed by atoms with Gasteiger partial charge in [-0.15, -0.1) is 0 Å². The normalized spacial score (nSPS) is 20.0. The summed E-state index contributed by atoms with van der Waals surface area (Å²) in [4.78, 5) is 4.29. The van der Waals surface area contributed by atoms with E-state index in [1.165, 1.54) is 12.8 Å². The average Bonchev–Trinajstić information content (AvgIpc) is 2.85. The van der Waals surface area contributed by atoms with Gasteiger partial charge in [-0.1, -0.05) is 6.92 Å². The van der Waals surface area contributed by atoms with E-state index in [2.05, 4.69) is 23.5 Å². The van der Waals surface area contributed by atoms with Gasteiger partial charge in [0.2, 0.25) is 0 Å². The summed E-state index contributed by atoms with van der Waals surface area (Å²) in [5, 5.41) is 3.17. The second-order valence-electron chi connectivity index (χ2n) is 3.71. The zero-order chi connectivity index (χ0) is 9.68. The molecule has 76 valence electrons. The Morgan fingerprint density at radius 2 is 2.38 bits per heavy atom. The van der Waals surface area contributed by atoms with Crippen molar-refractivity contribution in [3.63, 3.8) is 0 Å². The molecule has 1 atom stereocenters. The monoisotopic (exact) mass is 201 g/mol. The van der Waals surface area contributed by atoms with Crippen LogP contribution in [0.15, 0.2) is 4.99 Å². The summed E-state index contributed by atoms with van der Waals surface area (Å²) in [7, 11) is 0. The molecule has 0 radical (unpaired) electrons. The molecule has 1 rings (SSSR count). The van der Waals surface area contributed by atoms with E-state index < -0.39 is 0 Å². The van der Waals surface area contributed by atoms with Crippen molar-refractivity contribution in [2.75, 3.05) is 18.6 Å². The van der Waals surface area contributed by atoms with E-state index in [-0.39, 0.29) is 0 Å². The van der Waals surface area contributed by atoms with Crippen molar-refractivity contribution in [1.29, 1.82) is 0 Å². The van der Waals surface area contributed by atoms with E-state index in [4.69, 9.17) is 5.73 Å². The lowest BCUT2D eigenvalue weighted by Crippen LogP contribution is -2.33. The molecule has 0 aromatic carbocycles. The third-order valence-corrected chi connectivity index (χ3v) is 2.86. The average molecular weight is 201 g/mol. The lowest BCUT2D eigenvalue weighted by Gasteiger charge is -2.07. The summed E-state index contributed by atoms with van der Waals surface area (Å²) in [6.07, 6.45) is 4.61. The van der Waals surface area contributed by atoms with Gasteiger partial charge in [0.1, 0.15) is 0 Å². The molecular formula is C9H19N3S. The molecule has 4 heteroatoms. The Morgan fingerprint density at radius 1 is 1.69 bits per heavy atom. The molecule has 1 saturated carbocycles. The third-order valence-electron chi connectivity index (χ3n) is 1.95. The maximum Gasteiger partial charge on any atom is 0.188 e. The quantitative estimate of drug-likeness (QED) is 0.516. The molecular weight excluding hydrogens is 182 g/mol. The highest BCUT2D eigenvalue weighted by Gasteiger charge is 2.21. The van der Waals surface area contributed by atoms with Crippen LogP contribution >= 0.6 is 11.8 Å². The van der Waals surface area contributed by atoms with E-state index in [0.29, 0.717) is 17.9 Å². The predicted octanol–water partition coefficient (Wildman–Crippen LogP) is 1.05. The first-order chi connectivity index (χ1) is 6.22. The van der Waals surface area contributed by atoms with Gasteiger partial charge in [-0.05, 0) is 30.8 Å². The number of thioether (sulfide) groups is 1. The lowest BCUT2D eigenvalue weighted by molar-refractivity contribution is 0.672. The lowest BCUT2D eigenvalue weighted by atomic mass is 10.2. The number of rotatable bonds is 5. The highest BCUT2D eigenvalue weighted by atomic mass is 32.2. The van der Waals surface area contributed by atoms with Gasteiger partial charge >= 0.3 is 0 Å². The van der Waals surface area contributed by atoms with Crippen molar-refractivity contribution in [3.8, 4) is 0 Å². The van der Waals surface area contributed by atoms with Gasteiger partial charge in [-0.3, -0.25) is 4.99 Å². The number of hydrogen-bond acceptors (Lipinski definition) is 2. The molecule has 0 saturated heterocycles. The van der Waals surface area contributed by atoms with Crippen LogP contribution in [0.4, 0.5) is 0 Å². The molecule has 1 aliphatic carbocycles. The fourth-order valence-corrected chi connectivity index (χ4v) is 1.75. The smallest absolute Gasteiger partial charge is 0.188 e. The molecule has 13 heavy (non-hydrogen) atoms. The predicted molar refractivity (Wildman–Crippen MR) is 60.2 cm³/mol. The molecule has 0 heterocycles. The Kier molecular flexibility index (Phi) is 4.42. The van der Waals surface area contributed by atoms with Gasteiger partial charge in [0.25, 0.3) is 0 Å². The minimum atomic E-state index is 0.611. The van der Waals surface area contributed by atoms with Crippen LogP contribution in [0, 0.1) is 5.92 Å². The first-order valence-electron chi connectivity index (χ1n) is 4.77. The highest BCUT2D eigenvalue weighted by Crippen LogP contribution is 2.18. The Balaban J connectivity index is 2.12. The summed E-state index contributed by atoms with van der Waals surface area (Å²) in [5.74, 6) is 2.39. The van der Waals surface area contributed by atoms with Crippen molar-refractivity contribution in [1.82, 2.24) is 5.32 Å². The molecule has 1 unspecified atom stereocenters. The van der Waals surface area contributed by atoms with Gasteiger partial charge < -0.3 is 11.1 Å². The number of guanidine groups is 1. The first-order valence-corrected chi connectivity index (χ1v) is 6.17. The zero-order valence-electron chi connectivity index (χ0n) is 8.42. The Morgan fingerprint density at radius 3 is 2.92 bits per heavy atom. The van der Waals surface area contributed by atoms with Crippen LogP contribution in [-0.2, 0) is 0 Å². The molecule has 0 spiro atoms. The fraction of sp³-hybridized carbons (Fsp3) is 0.889. The van der Waals surface area contributed by atoms with Crippen molar-refractivity contribution in [2.45, 2.75) is 25.8 Å². The highest BCUT2D eigenvalue weighted by molar-refractivity contribution is 7.98. The largest absolute Gasteiger partial charge is 0.370 e. The van der Waals surface area contributed by atoms with Crippen molar-refractivity contribution in [2.24, 2.45) is 16.6 Å². The van der Waals surface area contributed by atoms with Crippen LogP contribution in [0.5, 0.6) is 0 Å². The van der Waals surface area contributed by atoms with E-state index in [9.17, 15) is 0 Å². The summed E-state index contributed by atoms with van der Waals surface area (Å²) < 4.78 is 0. The number of aliphatic imine (C=N–C) groups is 1. The van der Waals surface area contributed by atoms with Gasteiger partial charge in [-0.25, -0.2) is 0 Å². The molecule has 3 nitrogen and oxygen atoms in total. The Bertz CT molecular complexity index is 178. The number of nitrogens with zero attached hydrogens (tertiary/aromatic N) is 1. The zero-order valence-corrected chi connectivity index (χ0v) is 9.23. The Labute approximate surface area is 84.6 Å². The van der Waals surface area contributed by atoms with Crippen molar-refractivity contribution in [3.05, 3.63) is 0 Å². The van der Waals surface area contributed by atoms with Gasteiger partial charge in [0.15, 0.2) is 5.96 Å². The first kappa shape index (κ1) is 10.7. The molecule has 3 N–H and O–H groups in total. The second-order valence-corrected chi connectivity index (χ2v) is 4.62. The molecule has 0 bridgehead atoms. The maximum atomic E-state index is 5.69. The van der Waals surface area contributed by atoms with Crippen LogP contribution in [0.1, 0.15) is 19.8 Å². The van der Waals surface area contributed by atoms with E-state index in [1.807, 2.05) is 11.8 Å². The standard InChI is InChI=1S/C9H19N3S/c1-7(6-13-2)5-11-9(10)12-8-3-4-8/h7-8H,3-6H2,1-2H3,(H3,10,11,12). The van der Waals surface area contributed by atoms with Crippen LogP contribution in [0.3, 0.4) is 0 Å². The summed E-state index contributed by atoms with van der Waals surface area (Å²) >= 11 is 1.86. The summed E-state index contributed by atoms with van der Waals surface area (Å²) in [6.45, 7) is 3.04. The summed E-state index contributed by atoms with van der Waals surface area (Å²) in [6, 6.07) is 0.611. The third kappa shape index (κ3) is 5.03. The molecule has 0 amide bonds. The van der Waals surface area contributed by atoms with Crippen molar-refractivity contribution < 1.29 is 0 Å². The Hall–Kier alpha value is -0.380. The maximum absolute atomic E-state index is 5.69. The van der Waals surface area contributed by atoms with Crippen LogP contribution in [0.2, 0.25) is 0 Å². The fourth-order valence-electron chi connectivity index (χ4n) is 1.07. The number of hydrogen-bond donors (Lipinski definition) is 2. The number of nitrogens with one attached hydrogen (secondary N) is 1. The summed E-state index contributed by atoms with van der Waals surface area (Å²) in [5.41, 5.74) is 5.69. The SMILES string of the molecule is CSCC(C)CN=C(N)NC1CC1.